The summed E-state index contributed by atoms with van der Waals surface area (Å²) < 4.78 is 15.7. The van der Waals surface area contributed by atoms with Gasteiger partial charge in [0, 0.05) is 13.3 Å². The first-order chi connectivity index (χ1) is 17.3. The number of carbonyl (C=O) groups is 5. The highest BCUT2D eigenvalue weighted by molar-refractivity contribution is 5.91. The molecule has 0 aromatic rings. The molecule has 1 heterocycles. The van der Waals surface area contributed by atoms with Crippen molar-refractivity contribution in [2.75, 3.05) is 13.2 Å². The van der Waals surface area contributed by atoms with Crippen LogP contribution >= 0.6 is 0 Å². The highest BCUT2D eigenvalue weighted by atomic mass is 16.6. The van der Waals surface area contributed by atoms with Gasteiger partial charge in [0.1, 0.15) is 42.5 Å². The minimum absolute atomic E-state index is 0.0929. The van der Waals surface area contributed by atoms with Gasteiger partial charge >= 0.3 is 5.97 Å². The summed E-state index contributed by atoms with van der Waals surface area (Å²) in [5.41, 5.74) is 5.13. The molecule has 37 heavy (non-hydrogen) atoms. The Morgan fingerprint density at radius 3 is 2.27 bits per heavy atom. The molecule has 1 fully saturated rings. The summed E-state index contributed by atoms with van der Waals surface area (Å²) in [4.78, 5) is 60.2. The Bertz CT molecular complexity index is 811. The van der Waals surface area contributed by atoms with Crippen molar-refractivity contribution in [2.24, 2.45) is 5.73 Å². The zero-order chi connectivity index (χ0) is 28.3. The fourth-order valence-electron chi connectivity index (χ4n) is 3.46. The summed E-state index contributed by atoms with van der Waals surface area (Å²) in [5, 5.41) is 37.3. The van der Waals surface area contributed by atoms with Crippen LogP contribution in [0.4, 0.5) is 0 Å². The number of aliphatic hydroxyl groups excluding tert-OH is 3. The summed E-state index contributed by atoms with van der Waals surface area (Å²) in [7, 11) is 0. The van der Waals surface area contributed by atoms with E-state index in [1.807, 2.05) is 0 Å². The maximum absolute atomic E-state index is 12.7. The summed E-state index contributed by atoms with van der Waals surface area (Å²) in [5.74, 6) is -3.53. The molecule has 1 aliphatic rings. The standard InChI is InChI=1S/C22H38N4O11/c1-5-8-35-21(33)13(6-7-15(23)29)26-19(31)10(2)24-20(32)11(3)36-18-16(25-12(4)28)22(34)37-14(9-27)17(18)30/h10-11,13-14,16-18,22,27,30,34H,5-9H2,1-4H3,(H2,23,29)(H,24,32)(H,25,28)(H,26,31)/t10-,11+,13-,14?,16?,17?,18?,22?/m0/s1. The highest BCUT2D eigenvalue weighted by Gasteiger charge is 2.47. The lowest BCUT2D eigenvalue weighted by Gasteiger charge is -2.43. The zero-order valence-corrected chi connectivity index (χ0v) is 21.3. The number of hydrogen-bond acceptors (Lipinski definition) is 11. The Labute approximate surface area is 214 Å². The molecule has 8 atom stereocenters. The van der Waals surface area contributed by atoms with Crippen LogP contribution in [-0.4, -0.2) is 107 Å². The van der Waals surface area contributed by atoms with Gasteiger partial charge < -0.3 is 51.2 Å². The summed E-state index contributed by atoms with van der Waals surface area (Å²) >= 11 is 0. The quantitative estimate of drug-likeness (QED) is 0.108. The predicted molar refractivity (Wildman–Crippen MR) is 125 cm³/mol. The van der Waals surface area contributed by atoms with Crippen LogP contribution in [0, 0.1) is 0 Å². The Balaban J connectivity index is 2.84. The molecule has 0 aliphatic carbocycles. The molecule has 1 aliphatic heterocycles. The normalized spacial score (nSPS) is 25.8. The summed E-state index contributed by atoms with van der Waals surface area (Å²) in [6.07, 6.45) is -6.76. The molecular formula is C22H38N4O11. The van der Waals surface area contributed by atoms with Crippen LogP contribution in [0.25, 0.3) is 0 Å². The van der Waals surface area contributed by atoms with Gasteiger partial charge in [0.15, 0.2) is 6.29 Å². The monoisotopic (exact) mass is 534 g/mol. The Morgan fingerprint density at radius 1 is 1.08 bits per heavy atom. The van der Waals surface area contributed by atoms with Gasteiger partial charge in [-0.15, -0.1) is 0 Å². The molecule has 1 saturated heterocycles. The number of nitrogens with two attached hydrogens (primary N) is 1. The molecule has 8 N–H and O–H groups in total. The molecule has 0 aromatic carbocycles. The zero-order valence-electron chi connectivity index (χ0n) is 21.3. The molecule has 0 bridgehead atoms. The van der Waals surface area contributed by atoms with E-state index in [0.29, 0.717) is 6.42 Å². The average molecular weight is 535 g/mol. The Hall–Kier alpha value is -2.85. The number of ether oxygens (including phenoxy) is 3. The second-order valence-corrected chi connectivity index (χ2v) is 8.67. The van der Waals surface area contributed by atoms with Crippen LogP contribution in [0.2, 0.25) is 0 Å². The lowest BCUT2D eigenvalue weighted by atomic mass is 9.96. The summed E-state index contributed by atoms with van der Waals surface area (Å²) in [6.45, 7) is 5.06. The predicted octanol–water partition coefficient (Wildman–Crippen LogP) is -3.46. The van der Waals surface area contributed by atoms with E-state index in [1.54, 1.807) is 6.92 Å². The first kappa shape index (κ1) is 32.2. The lowest BCUT2D eigenvalue weighted by Crippen LogP contribution is -2.65. The van der Waals surface area contributed by atoms with Gasteiger partial charge in [0.25, 0.3) is 0 Å². The number of primary amides is 1. The minimum Gasteiger partial charge on any atom is -0.464 e. The van der Waals surface area contributed by atoms with Crippen LogP contribution in [0.1, 0.15) is 47.0 Å². The van der Waals surface area contributed by atoms with E-state index in [1.165, 1.54) is 20.8 Å². The molecule has 15 nitrogen and oxygen atoms in total. The average Bonchev–Trinajstić information content (AvgIpc) is 2.83. The maximum Gasteiger partial charge on any atom is 0.328 e. The molecule has 1 rings (SSSR count). The fraction of sp³-hybridized carbons (Fsp3) is 0.773. The molecule has 0 radical (unpaired) electrons. The van der Waals surface area contributed by atoms with Crippen molar-refractivity contribution in [3.8, 4) is 0 Å². The van der Waals surface area contributed by atoms with Crippen molar-refractivity contribution < 1.29 is 53.5 Å². The number of rotatable bonds is 14. The van der Waals surface area contributed by atoms with Gasteiger partial charge in [0.05, 0.1) is 13.2 Å². The van der Waals surface area contributed by atoms with E-state index in [4.69, 9.17) is 19.9 Å². The highest BCUT2D eigenvalue weighted by Crippen LogP contribution is 2.23. The van der Waals surface area contributed by atoms with Gasteiger partial charge in [-0.2, -0.15) is 0 Å². The smallest absolute Gasteiger partial charge is 0.328 e. The third-order valence-corrected chi connectivity index (χ3v) is 5.45. The van der Waals surface area contributed by atoms with Crippen LogP contribution in [0.3, 0.4) is 0 Å². The van der Waals surface area contributed by atoms with Crippen LogP contribution in [0.5, 0.6) is 0 Å². The van der Waals surface area contributed by atoms with Gasteiger partial charge in [-0.1, -0.05) is 6.92 Å². The lowest BCUT2D eigenvalue weighted by molar-refractivity contribution is -0.266. The number of hydrogen-bond donors (Lipinski definition) is 7. The molecule has 0 spiro atoms. The van der Waals surface area contributed by atoms with E-state index < -0.39 is 85.0 Å². The molecule has 5 unspecified atom stereocenters. The molecule has 0 saturated carbocycles. The van der Waals surface area contributed by atoms with Crippen molar-refractivity contribution in [3.63, 3.8) is 0 Å². The number of nitrogens with one attached hydrogen (secondary N) is 3. The fourth-order valence-corrected chi connectivity index (χ4v) is 3.46. The topological polar surface area (TPSA) is 236 Å². The molecular weight excluding hydrogens is 496 g/mol. The first-order valence-corrected chi connectivity index (χ1v) is 11.9. The third kappa shape index (κ3) is 10.2. The van der Waals surface area contributed by atoms with Crippen molar-refractivity contribution in [1.29, 1.82) is 0 Å². The van der Waals surface area contributed by atoms with E-state index in [2.05, 4.69) is 16.0 Å². The Kier molecular flexibility index (Phi) is 13.4. The van der Waals surface area contributed by atoms with Gasteiger partial charge in [-0.05, 0) is 26.7 Å². The largest absolute Gasteiger partial charge is 0.464 e. The van der Waals surface area contributed by atoms with Crippen molar-refractivity contribution in [1.82, 2.24) is 16.0 Å². The molecule has 0 aromatic heterocycles. The Morgan fingerprint density at radius 2 is 1.73 bits per heavy atom. The molecule has 212 valence electrons. The van der Waals surface area contributed by atoms with Gasteiger partial charge in [0.2, 0.25) is 23.6 Å². The van der Waals surface area contributed by atoms with Gasteiger partial charge in [-0.3, -0.25) is 19.2 Å². The van der Waals surface area contributed by atoms with Crippen molar-refractivity contribution >= 4 is 29.6 Å². The number of aliphatic hydroxyl groups is 3. The summed E-state index contributed by atoms with van der Waals surface area (Å²) in [6, 6.07) is -3.58. The van der Waals surface area contributed by atoms with Crippen LogP contribution < -0.4 is 21.7 Å². The second-order valence-electron chi connectivity index (χ2n) is 8.67. The van der Waals surface area contributed by atoms with Crippen LogP contribution in [-0.2, 0) is 38.2 Å². The molecule has 15 heteroatoms. The molecule has 4 amide bonds. The van der Waals surface area contributed by atoms with Crippen molar-refractivity contribution in [2.45, 2.75) is 95.8 Å². The van der Waals surface area contributed by atoms with Gasteiger partial charge in [-0.25, -0.2) is 4.79 Å². The SMILES string of the molecule is CCCOC(=O)[C@H](CCC(N)=O)NC(=O)[C@H](C)NC(=O)[C@@H](C)OC1C(O)C(CO)OC(O)C1NC(C)=O. The van der Waals surface area contributed by atoms with E-state index in [9.17, 15) is 39.3 Å². The van der Waals surface area contributed by atoms with E-state index >= 15 is 0 Å². The van der Waals surface area contributed by atoms with Crippen LogP contribution in [0.15, 0.2) is 0 Å². The van der Waals surface area contributed by atoms with E-state index in [0.717, 1.165) is 0 Å². The van der Waals surface area contributed by atoms with Crippen molar-refractivity contribution in [3.05, 3.63) is 0 Å². The minimum atomic E-state index is -1.64. The maximum atomic E-state index is 12.7. The second kappa shape index (κ2) is 15.4. The van der Waals surface area contributed by atoms with E-state index in [-0.39, 0.29) is 19.4 Å². The number of esters is 1. The first-order valence-electron chi connectivity index (χ1n) is 11.9. The third-order valence-electron chi connectivity index (χ3n) is 5.45. The number of amides is 4. The number of carbonyl (C=O) groups excluding carboxylic acids is 5.